The summed E-state index contributed by atoms with van der Waals surface area (Å²) in [6.45, 7) is 0. The summed E-state index contributed by atoms with van der Waals surface area (Å²) in [7, 11) is -3.27. The fourth-order valence-corrected chi connectivity index (χ4v) is 4.72. The maximum Gasteiger partial charge on any atom is 0.227 e. The number of fused-ring (bicyclic) bond motifs is 2. The van der Waals surface area contributed by atoms with Crippen LogP contribution in [0.15, 0.2) is 29.2 Å². The molecule has 126 valence electrons. The molecule has 3 N–H and O–H groups in total. The number of hydrogen-bond donors (Lipinski definition) is 2. The van der Waals surface area contributed by atoms with Crippen LogP contribution in [-0.4, -0.2) is 26.6 Å². The standard InChI is InChI=1S/C17H24N2O3S/c1-23(21,22)15-7-3-6-14(10-15)19-17(20)13-8-11-4-2-5-12(9-13)16(11)18/h3,6-7,10-13,16H,2,4-5,8-9,18H2,1H3,(H,19,20). The minimum absolute atomic E-state index is 0.0144. The minimum Gasteiger partial charge on any atom is -0.327 e. The second-order valence-corrected chi connectivity index (χ2v) is 9.00. The van der Waals surface area contributed by atoms with E-state index in [1.165, 1.54) is 18.6 Å². The highest BCUT2D eigenvalue weighted by atomic mass is 32.2. The van der Waals surface area contributed by atoms with Gasteiger partial charge in [-0.2, -0.15) is 0 Å². The molecule has 2 aliphatic carbocycles. The van der Waals surface area contributed by atoms with Gasteiger partial charge in [0.25, 0.3) is 0 Å². The van der Waals surface area contributed by atoms with Crippen LogP contribution in [0.2, 0.25) is 0 Å². The van der Waals surface area contributed by atoms with E-state index < -0.39 is 9.84 Å². The Kier molecular flexibility index (Phi) is 4.47. The molecule has 2 aliphatic rings. The number of carbonyl (C=O) groups is 1. The molecule has 2 atom stereocenters. The second kappa shape index (κ2) is 6.24. The maximum absolute atomic E-state index is 12.6. The summed E-state index contributed by atoms with van der Waals surface area (Å²) in [4.78, 5) is 12.8. The fourth-order valence-electron chi connectivity index (χ4n) is 4.05. The van der Waals surface area contributed by atoms with Crippen molar-refractivity contribution >= 4 is 21.4 Å². The Labute approximate surface area is 137 Å². The first-order valence-electron chi connectivity index (χ1n) is 8.21. The third-order valence-electron chi connectivity index (χ3n) is 5.31. The van der Waals surface area contributed by atoms with Crippen LogP contribution in [0.1, 0.15) is 32.1 Å². The van der Waals surface area contributed by atoms with Crippen LogP contribution in [0, 0.1) is 17.8 Å². The van der Waals surface area contributed by atoms with Crippen LogP contribution in [0.4, 0.5) is 5.69 Å². The Morgan fingerprint density at radius 3 is 2.48 bits per heavy atom. The smallest absolute Gasteiger partial charge is 0.227 e. The predicted molar refractivity (Wildman–Crippen MR) is 89.7 cm³/mol. The molecule has 0 aromatic heterocycles. The van der Waals surface area contributed by atoms with Crippen molar-refractivity contribution in [1.29, 1.82) is 0 Å². The molecule has 23 heavy (non-hydrogen) atoms. The zero-order valence-corrected chi connectivity index (χ0v) is 14.2. The average Bonchev–Trinajstić information content (AvgIpc) is 2.46. The Hall–Kier alpha value is -1.40. The molecule has 0 spiro atoms. The predicted octanol–water partition coefficient (Wildman–Crippen LogP) is 2.18. The summed E-state index contributed by atoms with van der Waals surface area (Å²) in [5.74, 6) is 0.854. The van der Waals surface area contributed by atoms with Crippen LogP contribution >= 0.6 is 0 Å². The molecule has 2 saturated carbocycles. The SMILES string of the molecule is CS(=O)(=O)c1cccc(NC(=O)C2CC3CCCC(C2)C3N)c1. The molecular weight excluding hydrogens is 312 g/mol. The van der Waals surface area contributed by atoms with Gasteiger partial charge in [-0.05, 0) is 55.7 Å². The highest BCUT2D eigenvalue weighted by Crippen LogP contribution is 2.42. The molecule has 0 saturated heterocycles. The second-order valence-electron chi connectivity index (χ2n) is 6.99. The maximum atomic E-state index is 12.6. The van der Waals surface area contributed by atoms with Gasteiger partial charge in [-0.1, -0.05) is 12.5 Å². The highest BCUT2D eigenvalue weighted by molar-refractivity contribution is 7.90. The van der Waals surface area contributed by atoms with Crippen LogP contribution < -0.4 is 11.1 Å². The number of hydrogen-bond acceptors (Lipinski definition) is 4. The van der Waals surface area contributed by atoms with Crippen molar-refractivity contribution in [2.75, 3.05) is 11.6 Å². The zero-order chi connectivity index (χ0) is 16.6. The van der Waals surface area contributed by atoms with Crippen molar-refractivity contribution in [3.63, 3.8) is 0 Å². The number of sulfone groups is 1. The molecule has 0 radical (unpaired) electrons. The summed E-state index contributed by atoms with van der Waals surface area (Å²) in [5, 5.41) is 2.88. The number of rotatable bonds is 3. The molecule has 2 unspecified atom stereocenters. The zero-order valence-electron chi connectivity index (χ0n) is 13.4. The summed E-state index contributed by atoms with van der Waals surface area (Å²) in [5.41, 5.74) is 6.81. The molecular formula is C17H24N2O3S. The van der Waals surface area contributed by atoms with Gasteiger partial charge in [0.05, 0.1) is 4.90 Å². The molecule has 6 heteroatoms. The van der Waals surface area contributed by atoms with Crippen molar-refractivity contribution < 1.29 is 13.2 Å². The first kappa shape index (κ1) is 16.5. The molecule has 3 rings (SSSR count). The number of nitrogens with two attached hydrogens (primary N) is 1. The largest absolute Gasteiger partial charge is 0.327 e. The topological polar surface area (TPSA) is 89.3 Å². The van der Waals surface area contributed by atoms with Crippen LogP contribution in [0.25, 0.3) is 0 Å². The van der Waals surface area contributed by atoms with Gasteiger partial charge in [0, 0.05) is 23.9 Å². The van der Waals surface area contributed by atoms with E-state index in [9.17, 15) is 13.2 Å². The van der Waals surface area contributed by atoms with Gasteiger partial charge in [-0.3, -0.25) is 4.79 Å². The van der Waals surface area contributed by atoms with Crippen molar-refractivity contribution in [3.05, 3.63) is 24.3 Å². The van der Waals surface area contributed by atoms with Crippen LogP contribution in [0.3, 0.4) is 0 Å². The number of nitrogens with one attached hydrogen (secondary N) is 1. The van der Waals surface area contributed by atoms with Gasteiger partial charge in [-0.15, -0.1) is 0 Å². The Morgan fingerprint density at radius 1 is 1.22 bits per heavy atom. The monoisotopic (exact) mass is 336 g/mol. The van der Waals surface area contributed by atoms with Gasteiger partial charge in [0.2, 0.25) is 5.91 Å². The fraction of sp³-hybridized carbons (Fsp3) is 0.588. The molecule has 1 aromatic carbocycles. The normalized spacial score (nSPS) is 30.7. The van der Waals surface area contributed by atoms with Crippen LogP contribution in [0.5, 0.6) is 0 Å². The quantitative estimate of drug-likeness (QED) is 0.885. The Morgan fingerprint density at radius 2 is 1.87 bits per heavy atom. The lowest BCUT2D eigenvalue weighted by Gasteiger charge is -2.43. The summed E-state index contributed by atoms with van der Waals surface area (Å²) in [6, 6.07) is 6.67. The van der Waals surface area contributed by atoms with E-state index in [0.29, 0.717) is 17.5 Å². The van der Waals surface area contributed by atoms with E-state index in [-0.39, 0.29) is 22.8 Å². The van der Waals surface area contributed by atoms with E-state index in [1.807, 2.05) is 0 Å². The summed E-state index contributed by atoms with van der Waals surface area (Å²) >= 11 is 0. The third kappa shape index (κ3) is 3.58. The summed E-state index contributed by atoms with van der Waals surface area (Å²) < 4.78 is 23.2. The number of anilines is 1. The molecule has 1 amide bonds. The minimum atomic E-state index is -3.27. The summed E-state index contributed by atoms with van der Waals surface area (Å²) in [6.07, 6.45) is 6.30. The van der Waals surface area contributed by atoms with E-state index in [4.69, 9.17) is 5.73 Å². The van der Waals surface area contributed by atoms with Gasteiger partial charge < -0.3 is 11.1 Å². The molecule has 5 nitrogen and oxygen atoms in total. The Balaban J connectivity index is 1.70. The first-order valence-corrected chi connectivity index (χ1v) is 10.1. The average molecular weight is 336 g/mol. The van der Waals surface area contributed by atoms with Crippen molar-refractivity contribution in [2.24, 2.45) is 23.5 Å². The lowest BCUT2D eigenvalue weighted by molar-refractivity contribution is -0.122. The molecule has 2 bridgehead atoms. The van der Waals surface area contributed by atoms with Crippen LogP contribution in [-0.2, 0) is 14.6 Å². The van der Waals surface area contributed by atoms with Crippen molar-refractivity contribution in [2.45, 2.75) is 43.0 Å². The van der Waals surface area contributed by atoms with Gasteiger partial charge in [0.15, 0.2) is 9.84 Å². The number of carbonyl (C=O) groups excluding carboxylic acids is 1. The Bertz CT molecular complexity index is 688. The lowest BCUT2D eigenvalue weighted by atomic mass is 9.65. The molecule has 1 aromatic rings. The lowest BCUT2D eigenvalue weighted by Crippen LogP contribution is -2.48. The third-order valence-corrected chi connectivity index (χ3v) is 6.42. The van der Waals surface area contributed by atoms with E-state index >= 15 is 0 Å². The number of benzene rings is 1. The first-order chi connectivity index (χ1) is 10.8. The highest BCUT2D eigenvalue weighted by Gasteiger charge is 2.40. The number of amides is 1. The van der Waals surface area contributed by atoms with E-state index in [1.54, 1.807) is 12.1 Å². The van der Waals surface area contributed by atoms with E-state index in [0.717, 1.165) is 31.9 Å². The molecule has 0 aliphatic heterocycles. The van der Waals surface area contributed by atoms with Crippen molar-refractivity contribution in [3.8, 4) is 0 Å². The van der Waals surface area contributed by atoms with Gasteiger partial charge in [-0.25, -0.2) is 8.42 Å². The molecule has 0 heterocycles. The van der Waals surface area contributed by atoms with Gasteiger partial charge >= 0.3 is 0 Å². The molecule has 2 fully saturated rings. The van der Waals surface area contributed by atoms with Gasteiger partial charge in [0.1, 0.15) is 0 Å². The van der Waals surface area contributed by atoms with Crippen molar-refractivity contribution in [1.82, 2.24) is 0 Å². The van der Waals surface area contributed by atoms with E-state index in [2.05, 4.69) is 5.32 Å².